The van der Waals surface area contributed by atoms with E-state index in [4.69, 9.17) is 9.84 Å². The van der Waals surface area contributed by atoms with Gasteiger partial charge in [0.1, 0.15) is 0 Å². The third kappa shape index (κ3) is 3.44. The second-order valence-electron chi connectivity index (χ2n) is 3.59. The molecule has 5 nitrogen and oxygen atoms in total. The molecule has 0 spiro atoms. The molecule has 0 fully saturated rings. The summed E-state index contributed by atoms with van der Waals surface area (Å²) in [6, 6.07) is 2.52. The van der Waals surface area contributed by atoms with Gasteiger partial charge in [-0.15, -0.1) is 0 Å². The minimum atomic E-state index is -1.27. The van der Waals surface area contributed by atoms with Crippen molar-refractivity contribution < 1.29 is 23.8 Å². The first-order chi connectivity index (χ1) is 8.45. The highest BCUT2D eigenvalue weighted by Crippen LogP contribution is 2.22. The smallest absolute Gasteiger partial charge is 0.330 e. The predicted octanol–water partition coefficient (Wildman–Crippen LogP) is 1.49. The van der Waals surface area contributed by atoms with Crippen molar-refractivity contribution in [2.24, 2.45) is 0 Å². The molecule has 6 heteroatoms. The lowest BCUT2D eigenvalue weighted by Gasteiger charge is -2.14. The number of carboxylic acid groups (broad SMARTS) is 1. The van der Waals surface area contributed by atoms with E-state index in [0.717, 1.165) is 6.07 Å². The molecule has 0 aromatic heterocycles. The third-order valence-corrected chi connectivity index (χ3v) is 2.18. The summed E-state index contributed by atoms with van der Waals surface area (Å²) >= 11 is 0. The van der Waals surface area contributed by atoms with Crippen LogP contribution in [0.2, 0.25) is 0 Å². The Morgan fingerprint density at radius 1 is 1.50 bits per heavy atom. The molecule has 1 aromatic rings. The molecule has 18 heavy (non-hydrogen) atoms. The van der Waals surface area contributed by atoms with Gasteiger partial charge in [-0.2, -0.15) is 0 Å². The van der Waals surface area contributed by atoms with Crippen LogP contribution in [0.3, 0.4) is 0 Å². The predicted molar refractivity (Wildman–Crippen MR) is 61.8 cm³/mol. The van der Waals surface area contributed by atoms with Gasteiger partial charge in [-0.3, -0.25) is 4.79 Å². The summed E-state index contributed by atoms with van der Waals surface area (Å²) in [7, 11) is 0. The number of aliphatic carboxylic acids is 1. The normalized spacial score (nSPS) is 11.7. The first-order valence-corrected chi connectivity index (χ1v) is 5.37. The number of benzene rings is 1. The molecule has 0 saturated heterocycles. The molecule has 1 unspecified atom stereocenters. The van der Waals surface area contributed by atoms with Gasteiger partial charge in [0.05, 0.1) is 6.61 Å². The van der Waals surface area contributed by atoms with Crippen LogP contribution in [-0.2, 0) is 9.59 Å². The van der Waals surface area contributed by atoms with E-state index in [0.29, 0.717) is 6.61 Å². The van der Waals surface area contributed by atoms with Crippen molar-refractivity contribution in [3.8, 4) is 5.75 Å². The number of hydrogen-bond acceptors (Lipinski definition) is 3. The SMILES string of the molecule is CCOc1ccc(C(NC(C)=O)C(=O)O)cc1F. The van der Waals surface area contributed by atoms with Crippen molar-refractivity contribution in [2.75, 3.05) is 6.61 Å². The molecule has 0 heterocycles. The van der Waals surface area contributed by atoms with Crippen LogP contribution in [0, 0.1) is 5.82 Å². The molecule has 0 aliphatic carbocycles. The van der Waals surface area contributed by atoms with Crippen LogP contribution in [0.15, 0.2) is 18.2 Å². The average molecular weight is 255 g/mol. The van der Waals surface area contributed by atoms with Crippen LogP contribution >= 0.6 is 0 Å². The molecule has 1 rings (SSSR count). The fourth-order valence-corrected chi connectivity index (χ4v) is 1.46. The Bertz CT molecular complexity index is 461. The van der Waals surface area contributed by atoms with Crippen LogP contribution in [0.4, 0.5) is 4.39 Å². The zero-order valence-electron chi connectivity index (χ0n) is 10.1. The topological polar surface area (TPSA) is 75.6 Å². The van der Waals surface area contributed by atoms with Gasteiger partial charge in [0, 0.05) is 6.92 Å². The van der Waals surface area contributed by atoms with Crippen molar-refractivity contribution >= 4 is 11.9 Å². The molecule has 0 aliphatic heterocycles. The van der Waals surface area contributed by atoms with Crippen LogP contribution in [0.25, 0.3) is 0 Å². The molecule has 98 valence electrons. The van der Waals surface area contributed by atoms with Crippen molar-refractivity contribution in [1.29, 1.82) is 0 Å². The average Bonchev–Trinajstić information content (AvgIpc) is 2.28. The third-order valence-electron chi connectivity index (χ3n) is 2.18. The van der Waals surface area contributed by atoms with E-state index in [-0.39, 0.29) is 11.3 Å². The Labute approximate surface area is 104 Å². The number of amides is 1. The number of ether oxygens (including phenoxy) is 1. The Morgan fingerprint density at radius 2 is 2.17 bits per heavy atom. The molecule has 0 bridgehead atoms. The molecule has 1 atom stereocenters. The van der Waals surface area contributed by atoms with Crippen molar-refractivity contribution in [1.82, 2.24) is 5.32 Å². The Kier molecular flexibility index (Phi) is 4.65. The molecule has 0 aliphatic rings. The summed E-state index contributed by atoms with van der Waals surface area (Å²) in [5, 5.41) is 11.2. The maximum absolute atomic E-state index is 13.6. The summed E-state index contributed by atoms with van der Waals surface area (Å²) in [6.45, 7) is 3.22. The maximum atomic E-state index is 13.6. The monoisotopic (exact) mass is 255 g/mol. The quantitative estimate of drug-likeness (QED) is 0.835. The number of nitrogens with one attached hydrogen (secondary N) is 1. The number of hydrogen-bond donors (Lipinski definition) is 2. The van der Waals surface area contributed by atoms with E-state index in [2.05, 4.69) is 5.32 Å². The van der Waals surface area contributed by atoms with Gasteiger partial charge in [-0.05, 0) is 24.6 Å². The van der Waals surface area contributed by atoms with Gasteiger partial charge in [-0.25, -0.2) is 9.18 Å². The highest BCUT2D eigenvalue weighted by molar-refractivity contribution is 5.83. The van der Waals surface area contributed by atoms with Crippen LogP contribution in [0.5, 0.6) is 5.75 Å². The maximum Gasteiger partial charge on any atom is 0.330 e. The van der Waals surface area contributed by atoms with Crippen LogP contribution < -0.4 is 10.1 Å². The van der Waals surface area contributed by atoms with Gasteiger partial charge in [-0.1, -0.05) is 6.07 Å². The van der Waals surface area contributed by atoms with Gasteiger partial charge >= 0.3 is 5.97 Å². The van der Waals surface area contributed by atoms with Gasteiger partial charge < -0.3 is 15.2 Å². The second-order valence-corrected chi connectivity index (χ2v) is 3.59. The van der Waals surface area contributed by atoms with Gasteiger partial charge in [0.15, 0.2) is 17.6 Å². The summed E-state index contributed by atoms with van der Waals surface area (Å²) < 4.78 is 18.6. The van der Waals surface area contributed by atoms with E-state index in [1.807, 2.05) is 0 Å². The van der Waals surface area contributed by atoms with Gasteiger partial charge in [0.25, 0.3) is 0 Å². The Hall–Kier alpha value is -2.11. The largest absolute Gasteiger partial charge is 0.491 e. The van der Waals surface area contributed by atoms with E-state index in [9.17, 15) is 14.0 Å². The molecule has 1 aromatic carbocycles. The number of carbonyl (C=O) groups excluding carboxylic acids is 1. The molecule has 0 radical (unpaired) electrons. The number of carboxylic acids is 1. The Morgan fingerprint density at radius 3 is 2.61 bits per heavy atom. The van der Waals surface area contributed by atoms with E-state index < -0.39 is 23.7 Å². The van der Waals surface area contributed by atoms with Gasteiger partial charge in [0.2, 0.25) is 5.91 Å². The van der Waals surface area contributed by atoms with Crippen molar-refractivity contribution in [2.45, 2.75) is 19.9 Å². The highest BCUT2D eigenvalue weighted by atomic mass is 19.1. The lowest BCUT2D eigenvalue weighted by molar-refractivity contribution is -0.141. The molecular weight excluding hydrogens is 241 g/mol. The summed E-state index contributed by atoms with van der Waals surface area (Å²) in [6.07, 6.45) is 0. The summed E-state index contributed by atoms with van der Waals surface area (Å²) in [5.41, 5.74) is 0.152. The lowest BCUT2D eigenvalue weighted by atomic mass is 10.1. The highest BCUT2D eigenvalue weighted by Gasteiger charge is 2.21. The minimum absolute atomic E-state index is 0.0493. The van der Waals surface area contributed by atoms with Crippen LogP contribution in [-0.4, -0.2) is 23.6 Å². The molecule has 1 amide bonds. The van der Waals surface area contributed by atoms with Crippen molar-refractivity contribution in [3.05, 3.63) is 29.6 Å². The fourth-order valence-electron chi connectivity index (χ4n) is 1.46. The zero-order chi connectivity index (χ0) is 13.7. The van der Waals surface area contributed by atoms with E-state index in [1.54, 1.807) is 6.92 Å². The molecule has 2 N–H and O–H groups in total. The zero-order valence-corrected chi connectivity index (χ0v) is 10.1. The first-order valence-electron chi connectivity index (χ1n) is 5.37. The van der Waals surface area contributed by atoms with E-state index in [1.165, 1.54) is 19.1 Å². The number of carbonyl (C=O) groups is 2. The summed E-state index contributed by atoms with van der Waals surface area (Å²) in [4.78, 5) is 21.9. The number of rotatable bonds is 5. The lowest BCUT2D eigenvalue weighted by Crippen LogP contribution is -2.32. The first kappa shape index (κ1) is 14.0. The number of halogens is 1. The van der Waals surface area contributed by atoms with Crippen molar-refractivity contribution in [3.63, 3.8) is 0 Å². The molecular formula is C12H14FNO4. The second kappa shape index (κ2) is 6.00. The molecule has 0 saturated carbocycles. The fraction of sp³-hybridized carbons (Fsp3) is 0.333. The van der Waals surface area contributed by atoms with Crippen LogP contribution in [0.1, 0.15) is 25.5 Å². The van der Waals surface area contributed by atoms with E-state index >= 15 is 0 Å². The Balaban J connectivity index is 3.03. The summed E-state index contributed by atoms with van der Waals surface area (Å²) in [5.74, 6) is -2.37. The standard InChI is InChI=1S/C12H14FNO4/c1-3-18-10-5-4-8(6-9(10)13)11(12(16)17)14-7(2)15/h4-6,11H,3H2,1-2H3,(H,14,15)(H,16,17). The minimum Gasteiger partial charge on any atom is -0.491 e.